The molecule has 1 N–H and O–H groups in total. The number of benzene rings is 1. The Bertz CT molecular complexity index is 648. The van der Waals surface area contributed by atoms with E-state index in [-0.39, 0.29) is 11.8 Å². The summed E-state index contributed by atoms with van der Waals surface area (Å²) in [7, 11) is 0. The van der Waals surface area contributed by atoms with E-state index in [9.17, 15) is 9.18 Å². The van der Waals surface area contributed by atoms with Crippen molar-refractivity contribution in [2.24, 2.45) is 0 Å². The molecule has 6 heteroatoms. The zero-order chi connectivity index (χ0) is 13.8. The number of nitrogens with zero attached hydrogens (tertiary/aromatic N) is 1. The molecule has 0 saturated carbocycles. The molecule has 0 aliphatic heterocycles. The number of carbonyl (C=O) groups excluding carboxylic acids is 1. The monoisotopic (exact) mass is 282 g/mol. The molecule has 1 aromatic carbocycles. The summed E-state index contributed by atoms with van der Waals surface area (Å²) in [5.74, 6) is -0.512. The number of hydrogen-bond acceptors (Lipinski definition) is 3. The average Bonchev–Trinajstić information content (AvgIpc) is 2.65. The van der Waals surface area contributed by atoms with Gasteiger partial charge in [0.05, 0.1) is 17.6 Å². The molecule has 0 radical (unpaired) electrons. The molecule has 0 bridgehead atoms. The summed E-state index contributed by atoms with van der Waals surface area (Å²) >= 11 is 5.20. The van der Waals surface area contributed by atoms with Gasteiger partial charge >= 0.3 is 5.97 Å². The lowest BCUT2D eigenvalue weighted by Gasteiger charge is -2.04. The molecule has 19 heavy (non-hydrogen) atoms. The van der Waals surface area contributed by atoms with Gasteiger partial charge in [-0.05, 0) is 43.8 Å². The second-order valence-electron chi connectivity index (χ2n) is 4.15. The Balaban J connectivity index is 2.10. The number of nitrogens with one attached hydrogen (secondary N) is 1. The van der Waals surface area contributed by atoms with E-state index in [0.29, 0.717) is 36.3 Å². The third-order valence-corrected chi connectivity index (χ3v) is 3.13. The van der Waals surface area contributed by atoms with E-state index in [2.05, 4.69) is 4.98 Å². The van der Waals surface area contributed by atoms with Gasteiger partial charge in [-0.2, -0.15) is 0 Å². The molecule has 0 saturated heterocycles. The Morgan fingerprint density at radius 3 is 3.05 bits per heavy atom. The van der Waals surface area contributed by atoms with Gasteiger partial charge in [0.25, 0.3) is 0 Å². The molecule has 1 aromatic heterocycles. The predicted octanol–water partition coefficient (Wildman–Crippen LogP) is 3.18. The number of halogens is 1. The molecule has 0 atom stereocenters. The summed E-state index contributed by atoms with van der Waals surface area (Å²) in [6.07, 6.45) is 0.987. The molecule has 0 aliphatic carbocycles. The van der Waals surface area contributed by atoms with Crippen LogP contribution in [-0.4, -0.2) is 22.1 Å². The number of H-pyrrole nitrogens is 1. The third kappa shape index (κ3) is 3.20. The summed E-state index contributed by atoms with van der Waals surface area (Å²) < 4.78 is 20.4. The lowest BCUT2D eigenvalue weighted by Crippen LogP contribution is -2.06. The smallest absolute Gasteiger partial charge is 0.305 e. The molecule has 1 heterocycles. The van der Waals surface area contributed by atoms with Crippen LogP contribution in [0.4, 0.5) is 4.39 Å². The van der Waals surface area contributed by atoms with Crippen molar-refractivity contribution in [3.63, 3.8) is 0 Å². The molecule has 0 aliphatic rings. The van der Waals surface area contributed by atoms with Crippen LogP contribution in [0.1, 0.15) is 19.8 Å². The number of fused-ring (bicyclic) bond motifs is 1. The number of rotatable bonds is 5. The van der Waals surface area contributed by atoms with Crippen molar-refractivity contribution in [2.45, 2.75) is 26.3 Å². The standard InChI is InChI=1S/C13H15FN2O2S/c1-2-18-12(17)4-3-7-16-11-6-5-9(14)8-10(11)15-13(16)19/h5-6,8H,2-4,7H2,1H3,(H,15,19). The van der Waals surface area contributed by atoms with Gasteiger partial charge < -0.3 is 14.3 Å². The van der Waals surface area contributed by atoms with Gasteiger partial charge in [-0.1, -0.05) is 0 Å². The quantitative estimate of drug-likeness (QED) is 0.677. The first kappa shape index (κ1) is 13.7. The minimum atomic E-state index is -0.303. The highest BCUT2D eigenvalue weighted by molar-refractivity contribution is 7.71. The molecule has 2 aromatic rings. The number of aromatic nitrogens is 2. The SMILES string of the molecule is CCOC(=O)CCCn1c(=S)[nH]c2cc(F)ccc21. The maximum atomic E-state index is 13.1. The van der Waals surface area contributed by atoms with Crippen molar-refractivity contribution in [2.75, 3.05) is 6.61 Å². The van der Waals surface area contributed by atoms with E-state index >= 15 is 0 Å². The number of aryl methyl sites for hydroxylation is 1. The highest BCUT2D eigenvalue weighted by atomic mass is 32.1. The van der Waals surface area contributed by atoms with Gasteiger partial charge in [-0.15, -0.1) is 0 Å². The number of imidazole rings is 1. The highest BCUT2D eigenvalue weighted by Gasteiger charge is 2.07. The fourth-order valence-corrected chi connectivity index (χ4v) is 2.27. The largest absolute Gasteiger partial charge is 0.466 e. The topological polar surface area (TPSA) is 47.0 Å². The van der Waals surface area contributed by atoms with Gasteiger partial charge in [-0.3, -0.25) is 4.79 Å². The van der Waals surface area contributed by atoms with E-state index in [1.54, 1.807) is 13.0 Å². The molecular weight excluding hydrogens is 267 g/mol. The minimum absolute atomic E-state index is 0.208. The van der Waals surface area contributed by atoms with Gasteiger partial charge in [0, 0.05) is 13.0 Å². The fraction of sp³-hybridized carbons (Fsp3) is 0.385. The first-order valence-electron chi connectivity index (χ1n) is 6.15. The summed E-state index contributed by atoms with van der Waals surface area (Å²) in [6.45, 7) is 2.77. The van der Waals surface area contributed by atoms with Crippen LogP contribution in [-0.2, 0) is 16.1 Å². The normalized spacial score (nSPS) is 10.8. The minimum Gasteiger partial charge on any atom is -0.466 e. The zero-order valence-corrected chi connectivity index (χ0v) is 11.4. The zero-order valence-electron chi connectivity index (χ0n) is 10.6. The Kier molecular flexibility index (Phi) is 4.31. The van der Waals surface area contributed by atoms with E-state index < -0.39 is 0 Å². The molecule has 0 unspecified atom stereocenters. The van der Waals surface area contributed by atoms with Crippen molar-refractivity contribution in [1.29, 1.82) is 0 Å². The van der Waals surface area contributed by atoms with Crippen LogP contribution in [0.25, 0.3) is 11.0 Å². The molecule has 0 spiro atoms. The van der Waals surface area contributed by atoms with Crippen LogP contribution in [0.3, 0.4) is 0 Å². The molecule has 4 nitrogen and oxygen atoms in total. The number of aromatic amines is 1. The Hall–Kier alpha value is -1.69. The van der Waals surface area contributed by atoms with Crippen LogP contribution in [0, 0.1) is 10.6 Å². The first-order valence-corrected chi connectivity index (χ1v) is 6.56. The summed E-state index contributed by atoms with van der Waals surface area (Å²) in [4.78, 5) is 14.2. The lowest BCUT2D eigenvalue weighted by atomic mass is 10.3. The molecule has 0 amide bonds. The number of hydrogen-bond donors (Lipinski definition) is 1. The van der Waals surface area contributed by atoms with Gasteiger partial charge in [0.2, 0.25) is 0 Å². The molecule has 2 rings (SSSR count). The van der Waals surface area contributed by atoms with Gasteiger partial charge in [0.1, 0.15) is 5.82 Å². The van der Waals surface area contributed by atoms with Crippen molar-refractivity contribution in [1.82, 2.24) is 9.55 Å². The summed E-state index contributed by atoms with van der Waals surface area (Å²) in [5, 5.41) is 0. The van der Waals surface area contributed by atoms with Crippen LogP contribution < -0.4 is 0 Å². The fourth-order valence-electron chi connectivity index (χ4n) is 1.97. The number of carbonyl (C=O) groups is 1. The third-order valence-electron chi connectivity index (χ3n) is 2.80. The van der Waals surface area contributed by atoms with E-state index in [1.165, 1.54) is 12.1 Å². The first-order chi connectivity index (χ1) is 9.11. The van der Waals surface area contributed by atoms with Crippen LogP contribution >= 0.6 is 12.2 Å². The van der Waals surface area contributed by atoms with Crippen molar-refractivity contribution in [3.8, 4) is 0 Å². The average molecular weight is 282 g/mol. The molecular formula is C13H15FN2O2S. The maximum Gasteiger partial charge on any atom is 0.305 e. The Morgan fingerprint density at radius 1 is 1.53 bits per heavy atom. The summed E-state index contributed by atoms with van der Waals surface area (Å²) in [6, 6.07) is 4.49. The van der Waals surface area contributed by atoms with E-state index in [1.807, 2.05) is 4.57 Å². The van der Waals surface area contributed by atoms with Crippen LogP contribution in [0.15, 0.2) is 18.2 Å². The van der Waals surface area contributed by atoms with E-state index in [0.717, 1.165) is 5.52 Å². The molecule has 0 fully saturated rings. The van der Waals surface area contributed by atoms with Crippen molar-refractivity contribution < 1.29 is 13.9 Å². The number of esters is 1. The van der Waals surface area contributed by atoms with E-state index in [4.69, 9.17) is 17.0 Å². The Labute approximate surface area is 115 Å². The van der Waals surface area contributed by atoms with Crippen molar-refractivity contribution >= 4 is 29.2 Å². The van der Waals surface area contributed by atoms with Crippen molar-refractivity contribution in [3.05, 3.63) is 28.8 Å². The Morgan fingerprint density at radius 2 is 2.32 bits per heavy atom. The second-order valence-corrected chi connectivity index (χ2v) is 4.54. The summed E-state index contributed by atoms with van der Waals surface area (Å²) in [5.41, 5.74) is 1.51. The second kappa shape index (κ2) is 5.97. The highest BCUT2D eigenvalue weighted by Crippen LogP contribution is 2.16. The van der Waals surface area contributed by atoms with Crippen LogP contribution in [0.2, 0.25) is 0 Å². The number of ether oxygens (including phenoxy) is 1. The van der Waals surface area contributed by atoms with Gasteiger partial charge in [0.15, 0.2) is 4.77 Å². The predicted molar refractivity (Wildman–Crippen MR) is 72.9 cm³/mol. The molecule has 102 valence electrons. The van der Waals surface area contributed by atoms with Gasteiger partial charge in [-0.25, -0.2) is 4.39 Å². The van der Waals surface area contributed by atoms with Crippen LogP contribution in [0.5, 0.6) is 0 Å². The lowest BCUT2D eigenvalue weighted by molar-refractivity contribution is -0.143. The maximum absolute atomic E-state index is 13.1.